The van der Waals surface area contributed by atoms with Crippen LogP contribution in [0.2, 0.25) is 0 Å². The Hall–Kier alpha value is -2.46. The molecule has 0 aliphatic heterocycles. The van der Waals surface area contributed by atoms with Crippen molar-refractivity contribution in [1.82, 2.24) is 0 Å². The lowest BCUT2D eigenvalue weighted by Crippen LogP contribution is -2.31. The number of nitrogens with two attached hydrogens (primary N) is 1. The number of ether oxygens (including phenoxy) is 1. The van der Waals surface area contributed by atoms with E-state index in [0.717, 1.165) is 21.5 Å². The predicted octanol–water partition coefficient (Wildman–Crippen LogP) is 3.89. The number of rotatable bonds is 4. The highest BCUT2D eigenvalue weighted by Crippen LogP contribution is 2.33. The minimum Gasteiger partial charge on any atom is -0.464 e. The van der Waals surface area contributed by atoms with Crippen LogP contribution in [0.1, 0.15) is 18.5 Å². The lowest BCUT2D eigenvalue weighted by Gasteiger charge is -2.19. The van der Waals surface area contributed by atoms with Gasteiger partial charge in [-0.15, -0.1) is 0 Å². The number of benzene rings is 3. The maximum absolute atomic E-state index is 14.4. The molecule has 23 heavy (non-hydrogen) atoms. The van der Waals surface area contributed by atoms with Crippen LogP contribution in [0.15, 0.2) is 54.6 Å². The monoisotopic (exact) mass is 311 g/mol. The number of hydrogen-bond donors (Lipinski definition) is 1. The molecule has 0 spiro atoms. The van der Waals surface area contributed by atoms with Crippen molar-refractivity contribution in [2.75, 3.05) is 6.61 Å². The Bertz CT molecular complexity index is 862. The zero-order chi connectivity index (χ0) is 16.4. The molecule has 4 heteroatoms. The van der Waals surface area contributed by atoms with E-state index in [0.29, 0.717) is 5.56 Å². The van der Waals surface area contributed by atoms with Crippen LogP contribution in [-0.4, -0.2) is 18.7 Å². The van der Waals surface area contributed by atoms with Crippen LogP contribution in [0.25, 0.3) is 21.5 Å². The number of hydrogen-bond acceptors (Lipinski definition) is 3. The average molecular weight is 311 g/mol. The van der Waals surface area contributed by atoms with Gasteiger partial charge in [0.15, 0.2) is 0 Å². The van der Waals surface area contributed by atoms with E-state index in [1.165, 1.54) is 0 Å². The van der Waals surface area contributed by atoms with Crippen molar-refractivity contribution in [3.05, 3.63) is 60.2 Å². The predicted molar refractivity (Wildman–Crippen MR) is 89.9 cm³/mol. The first-order valence-electron chi connectivity index (χ1n) is 7.60. The van der Waals surface area contributed by atoms with Crippen molar-refractivity contribution in [2.45, 2.75) is 19.1 Å². The number of alkyl halides is 1. The summed E-state index contributed by atoms with van der Waals surface area (Å²) >= 11 is 0. The Labute approximate surface area is 133 Å². The molecule has 3 nitrogen and oxygen atoms in total. The lowest BCUT2D eigenvalue weighted by atomic mass is 9.92. The van der Waals surface area contributed by atoms with Crippen LogP contribution in [0.5, 0.6) is 0 Å². The summed E-state index contributed by atoms with van der Waals surface area (Å²) in [5.41, 5.74) is 6.66. The summed E-state index contributed by atoms with van der Waals surface area (Å²) in [6.45, 7) is 1.77. The molecular weight excluding hydrogens is 293 g/mol. The summed E-state index contributed by atoms with van der Waals surface area (Å²) in [5, 5.41) is 3.89. The van der Waals surface area contributed by atoms with Crippen molar-refractivity contribution < 1.29 is 13.9 Å². The lowest BCUT2D eigenvalue weighted by molar-refractivity contribution is -0.149. The van der Waals surface area contributed by atoms with Gasteiger partial charge in [-0.1, -0.05) is 48.5 Å². The van der Waals surface area contributed by atoms with E-state index < -0.39 is 18.2 Å². The van der Waals surface area contributed by atoms with Crippen LogP contribution in [0, 0.1) is 0 Å². The van der Waals surface area contributed by atoms with E-state index >= 15 is 0 Å². The zero-order valence-corrected chi connectivity index (χ0v) is 12.8. The van der Waals surface area contributed by atoms with E-state index in [1.54, 1.807) is 6.92 Å². The number of esters is 1. The van der Waals surface area contributed by atoms with Gasteiger partial charge in [0.2, 0.25) is 6.17 Å². The van der Waals surface area contributed by atoms with Crippen molar-refractivity contribution in [3.8, 4) is 0 Å². The van der Waals surface area contributed by atoms with E-state index in [1.807, 2.05) is 54.6 Å². The molecule has 2 atom stereocenters. The molecule has 0 aliphatic carbocycles. The smallest absolute Gasteiger partial charge is 0.342 e. The standard InChI is InChI=1S/C19H18FNO2/c1-2-23-19(22)17(20)18(21)16-11-12-7-3-4-8-13(12)14-9-5-6-10-15(14)16/h3-11,17-18H,2,21H2,1H3/t17?,18-/m1/s1. The second kappa shape index (κ2) is 6.34. The van der Waals surface area contributed by atoms with Crippen LogP contribution in [0.4, 0.5) is 4.39 Å². The minimum atomic E-state index is -1.89. The molecule has 2 N–H and O–H groups in total. The summed E-state index contributed by atoms with van der Waals surface area (Å²) in [4.78, 5) is 11.7. The van der Waals surface area contributed by atoms with Gasteiger partial charge in [-0.25, -0.2) is 9.18 Å². The van der Waals surface area contributed by atoms with E-state index in [-0.39, 0.29) is 6.61 Å². The molecule has 0 fully saturated rings. The molecule has 3 aromatic rings. The molecule has 118 valence electrons. The number of carbonyl (C=O) groups excluding carboxylic acids is 1. The molecule has 0 aromatic heterocycles. The van der Waals surface area contributed by atoms with Crippen LogP contribution < -0.4 is 5.73 Å². The Balaban J connectivity index is 2.17. The highest BCUT2D eigenvalue weighted by Gasteiger charge is 2.29. The molecule has 0 bridgehead atoms. The highest BCUT2D eigenvalue weighted by atomic mass is 19.1. The Morgan fingerprint density at radius 1 is 1.09 bits per heavy atom. The third-order valence-corrected chi connectivity index (χ3v) is 3.99. The molecule has 1 unspecified atom stereocenters. The summed E-state index contributed by atoms with van der Waals surface area (Å²) in [5.74, 6) is -0.919. The fraction of sp³-hybridized carbons (Fsp3) is 0.211. The fourth-order valence-corrected chi connectivity index (χ4v) is 2.89. The SMILES string of the molecule is CCOC(=O)C(F)[C@H](N)c1cc2ccccc2c2ccccc12. The summed E-state index contributed by atoms with van der Waals surface area (Å²) in [6.07, 6.45) is -1.89. The molecule has 0 heterocycles. The minimum absolute atomic E-state index is 0.129. The van der Waals surface area contributed by atoms with Gasteiger partial charge in [0, 0.05) is 0 Å². The van der Waals surface area contributed by atoms with Crippen molar-refractivity contribution in [3.63, 3.8) is 0 Å². The van der Waals surface area contributed by atoms with Crippen LogP contribution in [-0.2, 0) is 9.53 Å². The van der Waals surface area contributed by atoms with Gasteiger partial charge >= 0.3 is 5.97 Å². The number of halogens is 1. The summed E-state index contributed by atoms with van der Waals surface area (Å²) < 4.78 is 19.1. The normalized spacial score (nSPS) is 13.9. The van der Waals surface area contributed by atoms with Crippen molar-refractivity contribution in [1.29, 1.82) is 0 Å². The number of fused-ring (bicyclic) bond motifs is 3. The molecule has 0 saturated heterocycles. The molecule has 3 aromatic carbocycles. The van der Waals surface area contributed by atoms with Gasteiger partial charge in [-0.2, -0.15) is 0 Å². The van der Waals surface area contributed by atoms with Gasteiger partial charge in [0.1, 0.15) is 0 Å². The average Bonchev–Trinajstić information content (AvgIpc) is 2.60. The van der Waals surface area contributed by atoms with Crippen molar-refractivity contribution in [2.24, 2.45) is 5.73 Å². The number of carbonyl (C=O) groups is 1. The first-order valence-corrected chi connectivity index (χ1v) is 7.60. The van der Waals surface area contributed by atoms with Gasteiger partial charge < -0.3 is 10.5 Å². The third-order valence-electron chi connectivity index (χ3n) is 3.99. The van der Waals surface area contributed by atoms with Gasteiger partial charge in [-0.3, -0.25) is 0 Å². The topological polar surface area (TPSA) is 52.3 Å². The molecular formula is C19H18FNO2. The zero-order valence-electron chi connectivity index (χ0n) is 12.8. The Morgan fingerprint density at radius 2 is 1.70 bits per heavy atom. The molecule has 0 aliphatic rings. The molecule has 0 radical (unpaired) electrons. The third kappa shape index (κ3) is 2.78. The van der Waals surface area contributed by atoms with Crippen molar-refractivity contribution >= 4 is 27.5 Å². The van der Waals surface area contributed by atoms with Gasteiger partial charge in [-0.05, 0) is 40.1 Å². The fourth-order valence-electron chi connectivity index (χ4n) is 2.89. The summed E-state index contributed by atoms with van der Waals surface area (Å²) in [6, 6.07) is 16.3. The van der Waals surface area contributed by atoms with Crippen LogP contribution >= 0.6 is 0 Å². The van der Waals surface area contributed by atoms with Crippen LogP contribution in [0.3, 0.4) is 0 Å². The highest BCUT2D eigenvalue weighted by molar-refractivity contribution is 6.09. The summed E-state index contributed by atoms with van der Waals surface area (Å²) in [7, 11) is 0. The van der Waals surface area contributed by atoms with Gasteiger partial charge in [0.05, 0.1) is 12.6 Å². The molecule has 3 rings (SSSR count). The quantitative estimate of drug-likeness (QED) is 0.587. The molecule has 0 amide bonds. The maximum Gasteiger partial charge on any atom is 0.342 e. The first-order chi connectivity index (χ1) is 11.1. The maximum atomic E-state index is 14.4. The van der Waals surface area contributed by atoms with E-state index in [2.05, 4.69) is 0 Å². The van der Waals surface area contributed by atoms with E-state index in [4.69, 9.17) is 10.5 Å². The Kier molecular flexibility index (Phi) is 4.26. The largest absolute Gasteiger partial charge is 0.464 e. The molecule has 0 saturated carbocycles. The Morgan fingerprint density at radius 3 is 2.39 bits per heavy atom. The first kappa shape index (κ1) is 15.4. The van der Waals surface area contributed by atoms with E-state index in [9.17, 15) is 9.18 Å². The second-order valence-electron chi connectivity index (χ2n) is 5.41. The second-order valence-corrected chi connectivity index (χ2v) is 5.41. The van der Waals surface area contributed by atoms with Gasteiger partial charge in [0.25, 0.3) is 0 Å².